The summed E-state index contributed by atoms with van der Waals surface area (Å²) in [5, 5.41) is 6.08. The molecule has 1 fully saturated rings. The van der Waals surface area contributed by atoms with Crippen LogP contribution in [0.4, 0.5) is 0 Å². The van der Waals surface area contributed by atoms with Crippen molar-refractivity contribution in [3.05, 3.63) is 11.1 Å². The van der Waals surface area contributed by atoms with E-state index in [-0.39, 0.29) is 5.91 Å². The maximum atomic E-state index is 11.5. The fourth-order valence-electron chi connectivity index (χ4n) is 1.39. The van der Waals surface area contributed by atoms with Crippen molar-refractivity contribution in [2.24, 2.45) is 0 Å². The molecule has 14 heavy (non-hydrogen) atoms. The van der Waals surface area contributed by atoms with Crippen molar-refractivity contribution in [2.45, 2.75) is 33.1 Å². The topological polar surface area (TPSA) is 41.1 Å². The van der Waals surface area contributed by atoms with Crippen molar-refractivity contribution in [1.82, 2.24) is 10.6 Å². The van der Waals surface area contributed by atoms with Crippen LogP contribution in [0.15, 0.2) is 11.1 Å². The second-order valence-electron chi connectivity index (χ2n) is 3.80. The van der Waals surface area contributed by atoms with Gasteiger partial charge in [-0.1, -0.05) is 19.8 Å². The number of rotatable bonds is 5. The van der Waals surface area contributed by atoms with E-state index in [0.29, 0.717) is 0 Å². The van der Waals surface area contributed by atoms with Crippen LogP contribution in [-0.4, -0.2) is 25.5 Å². The van der Waals surface area contributed by atoms with Crippen molar-refractivity contribution >= 4 is 5.91 Å². The first-order chi connectivity index (χ1) is 6.75. The maximum absolute atomic E-state index is 11.5. The zero-order valence-electron chi connectivity index (χ0n) is 9.15. The highest BCUT2D eigenvalue weighted by Gasteiger charge is 2.15. The molecule has 0 aliphatic carbocycles. The van der Waals surface area contributed by atoms with Gasteiger partial charge in [0.25, 0.3) is 0 Å². The van der Waals surface area contributed by atoms with E-state index in [4.69, 9.17) is 0 Å². The quantitative estimate of drug-likeness (QED) is 0.512. The lowest BCUT2D eigenvalue weighted by Gasteiger charge is -2.21. The molecule has 0 unspecified atom stereocenters. The van der Waals surface area contributed by atoms with Crippen molar-refractivity contribution in [3.8, 4) is 0 Å². The van der Waals surface area contributed by atoms with Gasteiger partial charge in [-0.2, -0.15) is 0 Å². The minimum absolute atomic E-state index is 0.109. The number of hydrogen-bond donors (Lipinski definition) is 2. The minimum Gasteiger partial charge on any atom is -0.352 e. The molecule has 1 aliphatic rings. The van der Waals surface area contributed by atoms with Gasteiger partial charge in [-0.05, 0) is 18.9 Å². The molecule has 1 aliphatic heterocycles. The molecule has 1 amide bonds. The van der Waals surface area contributed by atoms with Crippen LogP contribution < -0.4 is 10.6 Å². The van der Waals surface area contributed by atoms with Gasteiger partial charge in [-0.25, -0.2) is 0 Å². The highest BCUT2D eigenvalue weighted by molar-refractivity contribution is 5.93. The summed E-state index contributed by atoms with van der Waals surface area (Å²) in [6.07, 6.45) is 3.47. The first-order valence-electron chi connectivity index (χ1n) is 5.43. The average molecular weight is 196 g/mol. The number of hydrogen-bond acceptors (Lipinski definition) is 2. The van der Waals surface area contributed by atoms with Crippen LogP contribution in [0.2, 0.25) is 0 Å². The van der Waals surface area contributed by atoms with Crippen molar-refractivity contribution in [3.63, 3.8) is 0 Å². The third kappa shape index (κ3) is 3.14. The number of carbonyl (C=O) groups excluding carboxylic acids is 1. The van der Waals surface area contributed by atoms with Crippen LogP contribution in [0, 0.1) is 0 Å². The molecule has 3 nitrogen and oxygen atoms in total. The standard InChI is InChI=1S/C11H20N2O/c1-3-4-5-6-13-11(14)9(2)10-7-12-8-10/h12H,3-8H2,1-2H3,(H,13,14). The molecule has 80 valence electrons. The number of amides is 1. The first-order valence-corrected chi connectivity index (χ1v) is 5.43. The Morgan fingerprint density at radius 3 is 2.64 bits per heavy atom. The monoisotopic (exact) mass is 196 g/mol. The van der Waals surface area contributed by atoms with Crippen LogP contribution in [0.3, 0.4) is 0 Å². The molecule has 1 saturated heterocycles. The first kappa shape index (κ1) is 11.2. The Kier molecular flexibility index (Phi) is 4.66. The molecular weight excluding hydrogens is 176 g/mol. The van der Waals surface area contributed by atoms with Crippen LogP contribution >= 0.6 is 0 Å². The van der Waals surface area contributed by atoms with Gasteiger partial charge in [0.05, 0.1) is 0 Å². The zero-order chi connectivity index (χ0) is 10.4. The fraction of sp³-hybridized carbons (Fsp3) is 0.727. The summed E-state index contributed by atoms with van der Waals surface area (Å²) in [6, 6.07) is 0. The predicted molar refractivity (Wildman–Crippen MR) is 58.1 cm³/mol. The van der Waals surface area contributed by atoms with Crippen LogP contribution in [0.1, 0.15) is 33.1 Å². The van der Waals surface area contributed by atoms with E-state index in [9.17, 15) is 4.79 Å². The van der Waals surface area contributed by atoms with Gasteiger partial charge in [-0.3, -0.25) is 4.79 Å². The molecule has 0 aromatic heterocycles. The van der Waals surface area contributed by atoms with Crippen LogP contribution in [0.5, 0.6) is 0 Å². The summed E-state index contributed by atoms with van der Waals surface area (Å²) < 4.78 is 0. The highest BCUT2D eigenvalue weighted by atomic mass is 16.1. The van der Waals surface area contributed by atoms with Gasteiger partial charge in [0.15, 0.2) is 0 Å². The number of carbonyl (C=O) groups is 1. The van der Waals surface area contributed by atoms with Crippen molar-refractivity contribution in [2.75, 3.05) is 19.6 Å². The van der Waals surface area contributed by atoms with Gasteiger partial charge < -0.3 is 10.6 Å². The van der Waals surface area contributed by atoms with E-state index in [2.05, 4.69) is 17.6 Å². The summed E-state index contributed by atoms with van der Waals surface area (Å²) in [5.74, 6) is 0.109. The van der Waals surface area contributed by atoms with Gasteiger partial charge in [0.2, 0.25) is 5.91 Å². The Labute approximate surface area is 86.0 Å². The molecule has 0 saturated carbocycles. The van der Waals surface area contributed by atoms with Gasteiger partial charge in [0.1, 0.15) is 0 Å². The van der Waals surface area contributed by atoms with Gasteiger partial charge in [0, 0.05) is 25.2 Å². The lowest BCUT2D eigenvalue weighted by molar-refractivity contribution is -0.117. The van der Waals surface area contributed by atoms with Crippen LogP contribution in [0.25, 0.3) is 0 Å². The van der Waals surface area contributed by atoms with Gasteiger partial charge >= 0.3 is 0 Å². The Hall–Kier alpha value is -0.830. The third-order valence-electron chi connectivity index (χ3n) is 2.61. The number of unbranched alkanes of at least 4 members (excludes halogenated alkanes) is 2. The molecule has 3 heteroatoms. The summed E-state index contributed by atoms with van der Waals surface area (Å²) >= 11 is 0. The number of nitrogens with one attached hydrogen (secondary N) is 2. The van der Waals surface area contributed by atoms with E-state index < -0.39 is 0 Å². The normalized spacial score (nSPS) is 14.9. The third-order valence-corrected chi connectivity index (χ3v) is 2.61. The molecular formula is C11H20N2O. The lowest BCUT2D eigenvalue weighted by Crippen LogP contribution is -2.37. The van der Waals surface area contributed by atoms with Crippen LogP contribution in [-0.2, 0) is 4.79 Å². The Morgan fingerprint density at radius 1 is 1.43 bits per heavy atom. The summed E-state index contributed by atoms with van der Waals surface area (Å²) in [6.45, 7) is 6.65. The molecule has 0 aromatic rings. The second kappa shape index (κ2) is 5.81. The van der Waals surface area contributed by atoms with Gasteiger partial charge in [-0.15, -0.1) is 0 Å². The molecule has 0 spiro atoms. The van der Waals surface area contributed by atoms with E-state index in [1.165, 1.54) is 18.4 Å². The largest absolute Gasteiger partial charge is 0.352 e. The maximum Gasteiger partial charge on any atom is 0.246 e. The van der Waals surface area contributed by atoms with Crippen molar-refractivity contribution < 1.29 is 4.79 Å². The molecule has 2 N–H and O–H groups in total. The highest BCUT2D eigenvalue weighted by Crippen LogP contribution is 2.08. The summed E-state index contributed by atoms with van der Waals surface area (Å²) in [4.78, 5) is 11.5. The Balaban J connectivity index is 2.21. The lowest BCUT2D eigenvalue weighted by atomic mass is 10.0. The van der Waals surface area contributed by atoms with Crippen molar-refractivity contribution in [1.29, 1.82) is 0 Å². The minimum atomic E-state index is 0.109. The zero-order valence-corrected chi connectivity index (χ0v) is 9.15. The molecule has 1 heterocycles. The smallest absolute Gasteiger partial charge is 0.246 e. The summed E-state index contributed by atoms with van der Waals surface area (Å²) in [7, 11) is 0. The average Bonchev–Trinajstić information content (AvgIpc) is 2.09. The molecule has 0 radical (unpaired) electrons. The molecule has 1 rings (SSSR count). The van der Waals surface area contributed by atoms with E-state index in [1.807, 2.05) is 6.92 Å². The molecule has 0 aromatic carbocycles. The van der Waals surface area contributed by atoms with E-state index in [0.717, 1.165) is 31.6 Å². The molecule has 0 bridgehead atoms. The van der Waals surface area contributed by atoms with E-state index in [1.54, 1.807) is 0 Å². The summed E-state index contributed by atoms with van der Waals surface area (Å²) in [5.41, 5.74) is 2.15. The SMILES string of the molecule is CCCCCNC(=O)C(C)=C1CNC1. The predicted octanol–water partition coefficient (Wildman–Crippen LogP) is 1.21. The molecule has 0 atom stereocenters. The van der Waals surface area contributed by atoms with E-state index >= 15 is 0 Å². The Morgan fingerprint density at radius 2 is 2.14 bits per heavy atom. The Bertz CT molecular complexity index is 227. The fourth-order valence-corrected chi connectivity index (χ4v) is 1.39. The second-order valence-corrected chi connectivity index (χ2v) is 3.80.